The van der Waals surface area contributed by atoms with Crippen LogP contribution in [0.1, 0.15) is 130 Å². The third kappa shape index (κ3) is 33.0. The van der Waals surface area contributed by atoms with Crippen LogP contribution in [0.5, 0.6) is 0 Å². The lowest BCUT2D eigenvalue weighted by Gasteiger charge is -2.19. The van der Waals surface area contributed by atoms with Gasteiger partial charge in [-0.2, -0.15) is 0 Å². The van der Waals surface area contributed by atoms with Crippen LogP contribution in [0, 0.1) is 0 Å². The molecule has 0 bridgehead atoms. The van der Waals surface area contributed by atoms with Crippen LogP contribution in [-0.4, -0.2) is 77.0 Å². The smallest absolute Gasteiger partial charge is 0.332 e. The van der Waals surface area contributed by atoms with Crippen LogP contribution in [0.2, 0.25) is 0 Å². The van der Waals surface area contributed by atoms with E-state index < -0.39 is 5.60 Å². The molecule has 0 spiro atoms. The minimum absolute atomic E-state index is 0.0801. The van der Waals surface area contributed by atoms with Crippen molar-refractivity contribution >= 4 is 11.9 Å². The Kier molecular flexibility index (Phi) is 28.4. The second-order valence-electron chi connectivity index (χ2n) is 11.4. The number of hydrogen-bond acceptors (Lipinski definition) is 8. The molecular weight excluding hydrogens is 512 g/mol. The zero-order valence-electron chi connectivity index (χ0n) is 26.4. The maximum absolute atomic E-state index is 11.8. The van der Waals surface area contributed by atoms with E-state index in [9.17, 15) is 9.59 Å². The van der Waals surface area contributed by atoms with Gasteiger partial charge in [0, 0.05) is 6.42 Å². The summed E-state index contributed by atoms with van der Waals surface area (Å²) in [5.41, 5.74) is -0.506. The van der Waals surface area contributed by atoms with Crippen LogP contribution in [0.4, 0.5) is 0 Å². The van der Waals surface area contributed by atoms with E-state index in [2.05, 4.69) is 6.92 Å². The molecule has 0 fully saturated rings. The zero-order valence-corrected chi connectivity index (χ0v) is 26.4. The van der Waals surface area contributed by atoms with Gasteiger partial charge in [0.25, 0.3) is 0 Å². The fraction of sp³-hybridized carbons (Fsp3) is 0.938. The molecule has 40 heavy (non-hydrogen) atoms. The van der Waals surface area contributed by atoms with Crippen molar-refractivity contribution in [2.24, 2.45) is 0 Å². The molecule has 0 radical (unpaired) electrons. The molecule has 0 aliphatic rings. The highest BCUT2D eigenvalue weighted by molar-refractivity contribution is 5.71. The first kappa shape index (κ1) is 38.8. The van der Waals surface area contributed by atoms with Gasteiger partial charge in [0.2, 0.25) is 0 Å². The average molecular weight is 575 g/mol. The van der Waals surface area contributed by atoms with Gasteiger partial charge in [-0.1, -0.05) is 96.8 Å². The lowest BCUT2D eigenvalue weighted by atomic mass is 10.0. The Morgan fingerprint density at radius 1 is 0.475 bits per heavy atom. The van der Waals surface area contributed by atoms with E-state index in [1.165, 1.54) is 83.5 Å². The van der Waals surface area contributed by atoms with E-state index in [0.29, 0.717) is 52.7 Å². The highest BCUT2D eigenvalue weighted by atomic mass is 16.6. The predicted octanol–water partition coefficient (Wildman–Crippen LogP) is 7.20. The monoisotopic (exact) mass is 574 g/mol. The highest BCUT2D eigenvalue weighted by Gasteiger charge is 2.15. The van der Waals surface area contributed by atoms with Crippen LogP contribution < -0.4 is 0 Å². The van der Waals surface area contributed by atoms with Gasteiger partial charge in [-0.25, -0.2) is 4.79 Å². The minimum atomic E-state index is -0.506. The first-order valence-corrected chi connectivity index (χ1v) is 16.0. The quantitative estimate of drug-likeness (QED) is 0.0657. The standard InChI is InChI=1S/C32H62O8/c1-5-6-7-8-9-10-11-12-13-14-15-16-17-18-19-20-30(33)39-28-27-37-24-23-35-21-22-36-25-26-38-29-31(34)40-32(2,3)4/h5-29H2,1-4H3. The number of esters is 2. The summed E-state index contributed by atoms with van der Waals surface area (Å²) < 4.78 is 31.8. The van der Waals surface area contributed by atoms with Crippen molar-refractivity contribution in [2.45, 2.75) is 136 Å². The minimum Gasteiger partial charge on any atom is -0.463 e. The summed E-state index contributed by atoms with van der Waals surface area (Å²) >= 11 is 0. The molecule has 0 aromatic heterocycles. The molecule has 8 nitrogen and oxygen atoms in total. The van der Waals surface area contributed by atoms with Crippen molar-refractivity contribution in [3.05, 3.63) is 0 Å². The lowest BCUT2D eigenvalue weighted by Crippen LogP contribution is -2.27. The van der Waals surface area contributed by atoms with Gasteiger partial charge in [-0.15, -0.1) is 0 Å². The zero-order chi connectivity index (χ0) is 29.6. The summed E-state index contributed by atoms with van der Waals surface area (Å²) in [6.45, 7) is 10.8. The number of ether oxygens (including phenoxy) is 6. The summed E-state index contributed by atoms with van der Waals surface area (Å²) in [5, 5.41) is 0. The fourth-order valence-corrected chi connectivity index (χ4v) is 4.11. The van der Waals surface area contributed by atoms with Gasteiger partial charge in [-0.3, -0.25) is 4.79 Å². The molecule has 0 aromatic carbocycles. The Labute approximate surface area is 245 Å². The van der Waals surface area contributed by atoms with Gasteiger partial charge >= 0.3 is 11.9 Å². The first-order valence-electron chi connectivity index (χ1n) is 16.0. The molecule has 8 heteroatoms. The van der Waals surface area contributed by atoms with Crippen molar-refractivity contribution < 1.29 is 38.0 Å². The second-order valence-corrected chi connectivity index (χ2v) is 11.4. The van der Waals surface area contributed by atoms with Crippen molar-refractivity contribution in [1.29, 1.82) is 0 Å². The van der Waals surface area contributed by atoms with Crippen molar-refractivity contribution in [3.63, 3.8) is 0 Å². The van der Waals surface area contributed by atoms with E-state index in [4.69, 9.17) is 28.4 Å². The largest absolute Gasteiger partial charge is 0.463 e. The molecule has 0 aliphatic carbocycles. The normalized spacial score (nSPS) is 11.6. The Hall–Kier alpha value is -1.22. The van der Waals surface area contributed by atoms with Gasteiger partial charge in [-0.05, 0) is 27.2 Å². The molecule has 238 valence electrons. The summed E-state index contributed by atoms with van der Waals surface area (Å²) in [7, 11) is 0. The Balaban J connectivity index is 3.22. The second kappa shape index (κ2) is 29.3. The van der Waals surface area contributed by atoms with Crippen LogP contribution in [0.3, 0.4) is 0 Å². The predicted molar refractivity (Wildman–Crippen MR) is 160 cm³/mol. The molecule has 0 rings (SSSR count). The molecule has 0 heterocycles. The molecular formula is C32H62O8. The molecule has 0 N–H and O–H groups in total. The van der Waals surface area contributed by atoms with Gasteiger partial charge in [0.05, 0.1) is 46.2 Å². The Morgan fingerprint density at radius 3 is 1.27 bits per heavy atom. The Bertz CT molecular complexity index is 562. The summed E-state index contributed by atoms with van der Waals surface area (Å²) in [4.78, 5) is 23.3. The molecule has 0 aliphatic heterocycles. The van der Waals surface area contributed by atoms with Crippen molar-refractivity contribution in [3.8, 4) is 0 Å². The third-order valence-corrected chi connectivity index (χ3v) is 6.23. The van der Waals surface area contributed by atoms with Crippen LogP contribution in [0.25, 0.3) is 0 Å². The van der Waals surface area contributed by atoms with Gasteiger partial charge in [0.15, 0.2) is 0 Å². The number of carbonyl (C=O) groups excluding carboxylic acids is 2. The van der Waals surface area contributed by atoms with E-state index in [-0.39, 0.29) is 25.2 Å². The molecule has 0 atom stereocenters. The van der Waals surface area contributed by atoms with Gasteiger partial charge < -0.3 is 28.4 Å². The van der Waals surface area contributed by atoms with Crippen molar-refractivity contribution in [2.75, 3.05) is 59.5 Å². The SMILES string of the molecule is CCCCCCCCCCCCCCCCCC(=O)OCCOCCOCCOCCOCC(=O)OC(C)(C)C. The van der Waals surface area contributed by atoms with Crippen molar-refractivity contribution in [1.82, 2.24) is 0 Å². The number of unbranched alkanes of at least 4 members (excludes halogenated alkanes) is 14. The molecule has 0 amide bonds. The summed E-state index contributed by atoms with van der Waals surface area (Å²) in [6.07, 6.45) is 20.2. The topological polar surface area (TPSA) is 89.5 Å². The fourth-order valence-electron chi connectivity index (χ4n) is 4.11. The molecule has 0 saturated carbocycles. The van der Waals surface area contributed by atoms with Crippen LogP contribution >= 0.6 is 0 Å². The summed E-state index contributed by atoms with van der Waals surface area (Å²) in [5.74, 6) is -0.521. The highest BCUT2D eigenvalue weighted by Crippen LogP contribution is 2.14. The molecule has 0 saturated heterocycles. The molecule has 0 aromatic rings. The number of carbonyl (C=O) groups is 2. The third-order valence-electron chi connectivity index (χ3n) is 6.23. The van der Waals surface area contributed by atoms with Gasteiger partial charge in [0.1, 0.15) is 18.8 Å². The van der Waals surface area contributed by atoms with E-state index in [1.807, 2.05) is 20.8 Å². The summed E-state index contributed by atoms with van der Waals surface area (Å²) in [6, 6.07) is 0. The maximum atomic E-state index is 11.8. The van der Waals surface area contributed by atoms with E-state index in [1.54, 1.807) is 0 Å². The van der Waals surface area contributed by atoms with Crippen LogP contribution in [0.15, 0.2) is 0 Å². The van der Waals surface area contributed by atoms with E-state index >= 15 is 0 Å². The number of rotatable bonds is 30. The average Bonchev–Trinajstić information content (AvgIpc) is 2.90. The first-order chi connectivity index (χ1) is 19.3. The van der Waals surface area contributed by atoms with E-state index in [0.717, 1.165) is 12.8 Å². The molecule has 0 unspecified atom stereocenters. The van der Waals surface area contributed by atoms with Crippen LogP contribution in [-0.2, 0) is 38.0 Å². The Morgan fingerprint density at radius 2 is 0.850 bits per heavy atom. The maximum Gasteiger partial charge on any atom is 0.332 e. The lowest BCUT2D eigenvalue weighted by molar-refractivity contribution is -0.160. The number of hydrogen-bond donors (Lipinski definition) is 0.